The monoisotopic (exact) mass is 333 g/mol. The molecule has 0 radical (unpaired) electrons. The van der Waals surface area contributed by atoms with E-state index < -0.39 is 5.67 Å². The summed E-state index contributed by atoms with van der Waals surface area (Å²) in [7, 11) is 0. The van der Waals surface area contributed by atoms with Crippen LogP contribution < -0.4 is 5.32 Å². The van der Waals surface area contributed by atoms with Gasteiger partial charge in [0.25, 0.3) is 0 Å². The van der Waals surface area contributed by atoms with Crippen molar-refractivity contribution < 1.29 is 13.5 Å². The lowest BCUT2D eigenvalue weighted by Crippen LogP contribution is -2.45. The second kappa shape index (κ2) is 6.29. The highest BCUT2D eigenvalue weighted by molar-refractivity contribution is 9.10. The van der Waals surface area contributed by atoms with Gasteiger partial charge in [-0.3, -0.25) is 0 Å². The second-order valence-corrected chi connectivity index (χ2v) is 6.17. The third-order valence-corrected chi connectivity index (χ3v) is 3.74. The Bertz CT molecular complexity index is 433. The summed E-state index contributed by atoms with van der Waals surface area (Å²) in [5.74, 6) is -0.369. The summed E-state index contributed by atoms with van der Waals surface area (Å²) in [6.07, 6.45) is 0.396. The first-order valence-corrected chi connectivity index (χ1v) is 7.19. The Morgan fingerprint density at radius 2 is 2.32 bits per heavy atom. The zero-order chi connectivity index (χ0) is 13.9. The van der Waals surface area contributed by atoms with E-state index in [0.717, 1.165) is 6.54 Å². The van der Waals surface area contributed by atoms with E-state index in [1.54, 1.807) is 12.1 Å². The van der Waals surface area contributed by atoms with Gasteiger partial charge in [0.15, 0.2) is 0 Å². The molecule has 1 aliphatic rings. The van der Waals surface area contributed by atoms with E-state index in [1.807, 2.05) is 0 Å². The summed E-state index contributed by atoms with van der Waals surface area (Å²) in [5.41, 5.74) is -1.04. The summed E-state index contributed by atoms with van der Waals surface area (Å²) in [6, 6.07) is 4.73. The van der Waals surface area contributed by atoms with Crippen molar-refractivity contribution in [3.05, 3.63) is 34.1 Å². The van der Waals surface area contributed by atoms with Gasteiger partial charge in [-0.05, 0) is 31.0 Å². The van der Waals surface area contributed by atoms with Gasteiger partial charge in [0.05, 0.1) is 13.2 Å². The lowest BCUT2D eigenvalue weighted by Gasteiger charge is -2.30. The van der Waals surface area contributed by atoms with E-state index in [0.29, 0.717) is 29.7 Å². The maximum atomic E-state index is 14.6. The van der Waals surface area contributed by atoms with Crippen molar-refractivity contribution >= 4 is 15.9 Å². The average Bonchev–Trinajstić information content (AvgIpc) is 2.33. The second-order valence-electron chi connectivity index (χ2n) is 5.26. The minimum Gasteiger partial charge on any atom is -0.379 e. The number of benzene rings is 1. The van der Waals surface area contributed by atoms with E-state index >= 15 is 0 Å². The van der Waals surface area contributed by atoms with Gasteiger partial charge in [-0.25, -0.2) is 8.78 Å². The summed E-state index contributed by atoms with van der Waals surface area (Å²) in [4.78, 5) is 0. The number of nitrogens with one attached hydrogen (secondary N) is 1. The third-order valence-electron chi connectivity index (χ3n) is 3.24. The predicted molar refractivity (Wildman–Crippen MR) is 74.5 cm³/mol. The molecule has 1 heterocycles. The van der Waals surface area contributed by atoms with Crippen LogP contribution in [-0.4, -0.2) is 31.5 Å². The zero-order valence-electron chi connectivity index (χ0n) is 10.9. The highest BCUT2D eigenvalue weighted by Gasteiger charge is 2.30. The molecule has 19 heavy (non-hydrogen) atoms. The number of alkyl halides is 1. The third kappa shape index (κ3) is 4.51. The maximum absolute atomic E-state index is 14.6. The maximum Gasteiger partial charge on any atom is 0.127 e. The van der Waals surface area contributed by atoms with E-state index in [-0.39, 0.29) is 18.3 Å². The first-order valence-electron chi connectivity index (χ1n) is 6.40. The molecule has 1 aliphatic heterocycles. The number of halogens is 3. The van der Waals surface area contributed by atoms with Crippen LogP contribution in [0.4, 0.5) is 8.78 Å². The van der Waals surface area contributed by atoms with Crippen molar-refractivity contribution in [3.8, 4) is 0 Å². The minimum absolute atomic E-state index is 0.00209. The molecule has 0 bridgehead atoms. The molecule has 1 aromatic rings. The highest BCUT2D eigenvalue weighted by Crippen LogP contribution is 2.26. The number of hydrogen-bond donors (Lipinski definition) is 1. The van der Waals surface area contributed by atoms with Crippen molar-refractivity contribution in [2.24, 2.45) is 0 Å². The van der Waals surface area contributed by atoms with Crippen molar-refractivity contribution in [2.75, 3.05) is 19.8 Å². The number of rotatable bonds is 4. The van der Waals surface area contributed by atoms with Gasteiger partial charge in [0, 0.05) is 23.5 Å². The fourth-order valence-electron chi connectivity index (χ4n) is 2.40. The first-order chi connectivity index (χ1) is 8.96. The smallest absolute Gasteiger partial charge is 0.127 e. The molecule has 2 atom stereocenters. The van der Waals surface area contributed by atoms with Gasteiger partial charge < -0.3 is 10.1 Å². The molecule has 1 aromatic carbocycles. The van der Waals surface area contributed by atoms with E-state index in [4.69, 9.17) is 4.74 Å². The lowest BCUT2D eigenvalue weighted by atomic mass is 9.91. The number of hydrogen-bond acceptors (Lipinski definition) is 2. The molecule has 0 aromatic heterocycles. The quantitative estimate of drug-likeness (QED) is 0.913. The van der Waals surface area contributed by atoms with Crippen LogP contribution in [0.2, 0.25) is 0 Å². The highest BCUT2D eigenvalue weighted by atomic mass is 79.9. The zero-order valence-corrected chi connectivity index (χ0v) is 12.5. The molecular formula is C14H18BrF2NO. The summed E-state index contributed by atoms with van der Waals surface area (Å²) < 4.78 is 34.3. The Hall–Kier alpha value is -0.520. The topological polar surface area (TPSA) is 21.3 Å². The van der Waals surface area contributed by atoms with E-state index in [9.17, 15) is 8.78 Å². The standard InChI is InChI=1S/C14H18BrF2NO/c1-14(17,8-12-9-19-5-4-18-12)7-10-2-3-11(15)6-13(10)16/h2-3,6,12,18H,4-5,7-9H2,1H3. The number of ether oxygens (including phenoxy) is 1. The first kappa shape index (κ1) is 14.9. The molecule has 5 heteroatoms. The van der Waals surface area contributed by atoms with Gasteiger partial charge in [-0.15, -0.1) is 0 Å². The molecule has 0 spiro atoms. The lowest BCUT2D eigenvalue weighted by molar-refractivity contribution is 0.0481. The molecule has 1 saturated heterocycles. The van der Waals surface area contributed by atoms with Gasteiger partial charge in [-0.1, -0.05) is 22.0 Å². The van der Waals surface area contributed by atoms with Crippen LogP contribution in [0.1, 0.15) is 18.9 Å². The molecule has 2 unspecified atom stereocenters. The van der Waals surface area contributed by atoms with E-state index in [2.05, 4.69) is 21.2 Å². The van der Waals surface area contributed by atoms with Crippen LogP contribution in [-0.2, 0) is 11.2 Å². The molecule has 2 rings (SSSR count). The van der Waals surface area contributed by atoms with Crippen molar-refractivity contribution in [3.63, 3.8) is 0 Å². The Labute approximate surface area is 120 Å². The van der Waals surface area contributed by atoms with Crippen LogP contribution in [0.15, 0.2) is 22.7 Å². The van der Waals surface area contributed by atoms with Crippen molar-refractivity contribution in [1.29, 1.82) is 0 Å². The SMILES string of the molecule is CC(F)(Cc1ccc(Br)cc1F)CC1COCCN1. The molecule has 1 fully saturated rings. The Morgan fingerprint density at radius 3 is 2.95 bits per heavy atom. The number of morpholine rings is 1. The largest absolute Gasteiger partial charge is 0.379 e. The molecule has 1 N–H and O–H groups in total. The van der Waals surface area contributed by atoms with Crippen LogP contribution in [0.3, 0.4) is 0 Å². The van der Waals surface area contributed by atoms with Gasteiger partial charge in [0.1, 0.15) is 11.5 Å². The van der Waals surface area contributed by atoms with Gasteiger partial charge in [0.2, 0.25) is 0 Å². The minimum atomic E-state index is -1.45. The fourth-order valence-corrected chi connectivity index (χ4v) is 2.73. The van der Waals surface area contributed by atoms with Crippen LogP contribution in [0, 0.1) is 5.82 Å². The van der Waals surface area contributed by atoms with Crippen LogP contribution in [0.5, 0.6) is 0 Å². The molecular weight excluding hydrogens is 316 g/mol. The summed E-state index contributed by atoms with van der Waals surface area (Å²) in [6.45, 7) is 3.45. The summed E-state index contributed by atoms with van der Waals surface area (Å²) >= 11 is 3.20. The van der Waals surface area contributed by atoms with Crippen molar-refractivity contribution in [1.82, 2.24) is 5.32 Å². The summed E-state index contributed by atoms with van der Waals surface area (Å²) in [5, 5.41) is 3.22. The molecule has 0 aliphatic carbocycles. The van der Waals surface area contributed by atoms with Crippen molar-refractivity contribution in [2.45, 2.75) is 31.5 Å². The normalized spacial score (nSPS) is 23.1. The predicted octanol–water partition coefficient (Wildman–Crippen LogP) is 3.24. The molecule has 106 valence electrons. The molecule has 0 amide bonds. The molecule has 2 nitrogen and oxygen atoms in total. The molecule has 0 saturated carbocycles. The van der Waals surface area contributed by atoms with Crippen LogP contribution in [0.25, 0.3) is 0 Å². The van der Waals surface area contributed by atoms with Crippen LogP contribution >= 0.6 is 15.9 Å². The fraction of sp³-hybridized carbons (Fsp3) is 0.571. The Balaban J connectivity index is 1.99. The Morgan fingerprint density at radius 1 is 1.53 bits per heavy atom. The van der Waals surface area contributed by atoms with Gasteiger partial charge in [-0.2, -0.15) is 0 Å². The Kier molecular flexibility index (Phi) is 4.92. The van der Waals surface area contributed by atoms with E-state index in [1.165, 1.54) is 13.0 Å². The average molecular weight is 334 g/mol. The van der Waals surface area contributed by atoms with Gasteiger partial charge >= 0.3 is 0 Å².